The summed E-state index contributed by atoms with van der Waals surface area (Å²) in [4.78, 5) is 15.4. The average Bonchev–Trinajstić information content (AvgIpc) is 2.49. The van der Waals surface area contributed by atoms with Gasteiger partial charge in [0.1, 0.15) is 0 Å². The maximum absolute atomic E-state index is 13.1. The lowest BCUT2D eigenvalue weighted by molar-refractivity contribution is -0.137. The van der Waals surface area contributed by atoms with Crippen LogP contribution in [0.2, 0.25) is 0 Å². The van der Waals surface area contributed by atoms with E-state index in [2.05, 4.69) is 4.98 Å². The molecule has 2 N–H and O–H groups in total. The highest BCUT2D eigenvalue weighted by Crippen LogP contribution is 2.29. The van der Waals surface area contributed by atoms with Crippen LogP contribution in [-0.2, 0) is 12.7 Å². The van der Waals surface area contributed by atoms with Crippen LogP contribution in [-0.4, -0.2) is 15.9 Å². The van der Waals surface area contributed by atoms with E-state index in [9.17, 15) is 26.7 Å². The number of carbonyl (C=O) groups excluding carboxylic acids is 1. The summed E-state index contributed by atoms with van der Waals surface area (Å²) >= 11 is 0. The third-order valence-corrected chi connectivity index (χ3v) is 2.91. The van der Waals surface area contributed by atoms with Crippen LogP contribution >= 0.6 is 0 Å². The Morgan fingerprint density at radius 2 is 1.83 bits per heavy atom. The van der Waals surface area contributed by atoms with Crippen LogP contribution in [0.3, 0.4) is 0 Å². The standard InChI is InChI=1S/C14H10F5N3O/c15-11-2-1-8(3-12(11)16)7-22(20)13(23)9-4-10(6-21-5-9)14(17,18)19/h1-6H,7,20H2. The van der Waals surface area contributed by atoms with Gasteiger partial charge in [0.15, 0.2) is 11.6 Å². The highest BCUT2D eigenvalue weighted by Gasteiger charge is 2.31. The smallest absolute Gasteiger partial charge is 0.272 e. The largest absolute Gasteiger partial charge is 0.417 e. The number of rotatable bonds is 3. The van der Waals surface area contributed by atoms with Crippen molar-refractivity contribution in [1.29, 1.82) is 0 Å². The average molecular weight is 331 g/mol. The summed E-state index contributed by atoms with van der Waals surface area (Å²) in [5.74, 6) is 2.37. The van der Waals surface area contributed by atoms with Gasteiger partial charge in [0.25, 0.3) is 5.91 Å². The number of hydrogen-bond donors (Lipinski definition) is 1. The van der Waals surface area contributed by atoms with Gasteiger partial charge in [-0.25, -0.2) is 14.6 Å². The maximum atomic E-state index is 13.1. The molecule has 1 aromatic heterocycles. The summed E-state index contributed by atoms with van der Waals surface area (Å²) < 4.78 is 63.7. The van der Waals surface area contributed by atoms with E-state index in [1.807, 2.05) is 0 Å². The van der Waals surface area contributed by atoms with Crippen LogP contribution in [0, 0.1) is 11.6 Å². The molecule has 1 aromatic carbocycles. The zero-order valence-corrected chi connectivity index (χ0v) is 11.4. The molecular weight excluding hydrogens is 321 g/mol. The number of carbonyl (C=O) groups is 1. The molecule has 9 heteroatoms. The summed E-state index contributed by atoms with van der Waals surface area (Å²) in [7, 11) is 0. The minimum Gasteiger partial charge on any atom is -0.272 e. The van der Waals surface area contributed by atoms with Crippen LogP contribution in [0.4, 0.5) is 22.0 Å². The van der Waals surface area contributed by atoms with Crippen molar-refractivity contribution in [3.63, 3.8) is 0 Å². The fraction of sp³-hybridized carbons (Fsp3) is 0.143. The zero-order chi connectivity index (χ0) is 17.2. The Morgan fingerprint density at radius 1 is 1.13 bits per heavy atom. The highest BCUT2D eigenvalue weighted by atomic mass is 19.4. The number of hydrogen-bond acceptors (Lipinski definition) is 3. The van der Waals surface area contributed by atoms with E-state index in [0.29, 0.717) is 17.3 Å². The van der Waals surface area contributed by atoms with Gasteiger partial charge in [0.2, 0.25) is 0 Å². The number of aromatic nitrogens is 1. The maximum Gasteiger partial charge on any atom is 0.417 e. The van der Waals surface area contributed by atoms with Gasteiger partial charge in [-0.2, -0.15) is 13.2 Å². The second kappa shape index (κ2) is 6.29. The summed E-state index contributed by atoms with van der Waals surface area (Å²) in [6, 6.07) is 3.51. The third-order valence-electron chi connectivity index (χ3n) is 2.91. The summed E-state index contributed by atoms with van der Waals surface area (Å²) in [6.07, 6.45) is -3.14. The first-order valence-corrected chi connectivity index (χ1v) is 6.21. The molecule has 0 atom stereocenters. The molecule has 0 fully saturated rings. The van der Waals surface area contributed by atoms with Crippen LogP contribution in [0.15, 0.2) is 36.7 Å². The molecule has 2 rings (SSSR count). The summed E-state index contributed by atoms with van der Waals surface area (Å²) in [6.45, 7) is -0.313. The highest BCUT2D eigenvalue weighted by molar-refractivity contribution is 5.93. The van der Waals surface area contributed by atoms with E-state index in [-0.39, 0.29) is 17.7 Å². The molecule has 0 bridgehead atoms. The molecule has 23 heavy (non-hydrogen) atoms. The molecule has 0 saturated carbocycles. The molecule has 4 nitrogen and oxygen atoms in total. The number of hydrazine groups is 1. The van der Waals surface area contributed by atoms with Crippen molar-refractivity contribution in [2.75, 3.05) is 0 Å². The van der Waals surface area contributed by atoms with Gasteiger partial charge < -0.3 is 0 Å². The van der Waals surface area contributed by atoms with Crippen molar-refractivity contribution in [2.45, 2.75) is 12.7 Å². The lowest BCUT2D eigenvalue weighted by Crippen LogP contribution is -2.37. The molecule has 0 aliphatic heterocycles. The van der Waals surface area contributed by atoms with Crippen molar-refractivity contribution in [3.05, 3.63) is 65.0 Å². The van der Waals surface area contributed by atoms with Gasteiger partial charge in [-0.3, -0.25) is 14.8 Å². The first-order valence-electron chi connectivity index (χ1n) is 6.21. The number of halogens is 5. The summed E-state index contributed by atoms with van der Waals surface area (Å²) in [5, 5.41) is 0.587. The predicted molar refractivity (Wildman–Crippen MR) is 69.7 cm³/mol. The van der Waals surface area contributed by atoms with Crippen molar-refractivity contribution >= 4 is 5.91 Å². The van der Waals surface area contributed by atoms with Gasteiger partial charge in [-0.05, 0) is 23.8 Å². The number of pyridine rings is 1. The fourth-order valence-corrected chi connectivity index (χ4v) is 1.78. The minimum absolute atomic E-state index is 0.180. The van der Waals surface area contributed by atoms with E-state index >= 15 is 0 Å². The molecule has 0 saturated heterocycles. The first-order chi connectivity index (χ1) is 10.7. The van der Waals surface area contributed by atoms with E-state index in [1.165, 1.54) is 6.07 Å². The molecular formula is C14H10F5N3O. The first kappa shape index (κ1) is 16.8. The molecule has 1 amide bonds. The van der Waals surface area contributed by atoms with Crippen molar-refractivity contribution in [2.24, 2.45) is 5.84 Å². The van der Waals surface area contributed by atoms with Crippen LogP contribution in [0.5, 0.6) is 0 Å². The van der Waals surface area contributed by atoms with Crippen molar-refractivity contribution in [1.82, 2.24) is 9.99 Å². The second-order valence-corrected chi connectivity index (χ2v) is 4.64. The van der Waals surface area contributed by atoms with Gasteiger partial charge in [0.05, 0.1) is 17.7 Å². The zero-order valence-electron chi connectivity index (χ0n) is 11.4. The van der Waals surface area contributed by atoms with Crippen LogP contribution in [0.25, 0.3) is 0 Å². The van der Waals surface area contributed by atoms with Crippen LogP contribution in [0.1, 0.15) is 21.5 Å². The SMILES string of the molecule is NN(Cc1ccc(F)c(F)c1)C(=O)c1cncc(C(F)(F)F)c1. The topological polar surface area (TPSA) is 59.2 Å². The Bertz CT molecular complexity index is 733. The second-order valence-electron chi connectivity index (χ2n) is 4.64. The Balaban J connectivity index is 2.18. The number of nitrogens with zero attached hydrogens (tertiary/aromatic N) is 2. The van der Waals surface area contributed by atoms with Gasteiger partial charge >= 0.3 is 6.18 Å². The van der Waals surface area contributed by atoms with Crippen LogP contribution < -0.4 is 5.84 Å². The Kier molecular flexibility index (Phi) is 4.60. The quantitative estimate of drug-likeness (QED) is 0.407. The number of alkyl halides is 3. The van der Waals surface area contributed by atoms with E-state index in [0.717, 1.165) is 18.3 Å². The van der Waals surface area contributed by atoms with E-state index < -0.39 is 29.3 Å². The predicted octanol–water partition coefficient (Wildman–Crippen LogP) is 2.89. The molecule has 1 heterocycles. The Morgan fingerprint density at radius 3 is 2.43 bits per heavy atom. The molecule has 0 aliphatic carbocycles. The minimum atomic E-state index is -4.65. The molecule has 0 unspecified atom stereocenters. The normalized spacial score (nSPS) is 11.4. The Labute approximate surface area is 127 Å². The lowest BCUT2D eigenvalue weighted by atomic mass is 10.1. The molecule has 0 spiro atoms. The number of benzene rings is 1. The molecule has 0 aliphatic rings. The van der Waals surface area contributed by atoms with Gasteiger partial charge in [-0.1, -0.05) is 6.07 Å². The van der Waals surface area contributed by atoms with Crippen molar-refractivity contribution < 1.29 is 26.7 Å². The molecule has 122 valence electrons. The third kappa shape index (κ3) is 4.01. The Hall–Kier alpha value is -2.55. The molecule has 0 radical (unpaired) electrons. The number of nitrogens with two attached hydrogens (primary N) is 1. The van der Waals surface area contributed by atoms with E-state index in [1.54, 1.807) is 0 Å². The monoisotopic (exact) mass is 331 g/mol. The number of amides is 1. The van der Waals surface area contributed by atoms with E-state index in [4.69, 9.17) is 5.84 Å². The van der Waals surface area contributed by atoms with Crippen molar-refractivity contribution in [3.8, 4) is 0 Å². The van der Waals surface area contributed by atoms with Gasteiger partial charge in [0, 0.05) is 12.4 Å². The lowest BCUT2D eigenvalue weighted by Gasteiger charge is -2.17. The van der Waals surface area contributed by atoms with Gasteiger partial charge in [-0.15, -0.1) is 0 Å². The summed E-state index contributed by atoms with van der Waals surface area (Å²) in [5.41, 5.74) is -1.28. The fourth-order valence-electron chi connectivity index (χ4n) is 1.78. The molecule has 2 aromatic rings.